The first kappa shape index (κ1) is 76.5. The number of benzene rings is 8. The van der Waals surface area contributed by atoms with Gasteiger partial charge in [-0.05, 0) is 157 Å². The molecule has 0 fully saturated rings. The van der Waals surface area contributed by atoms with Crippen LogP contribution in [0.1, 0.15) is 81.4 Å². The Hall–Kier alpha value is -10.7. The zero-order chi connectivity index (χ0) is 73.0. The summed E-state index contributed by atoms with van der Waals surface area (Å²) in [5, 5.41) is 35.6. The number of carbonyl (C=O) groups excluding carboxylic acids is 2. The van der Waals surface area contributed by atoms with Gasteiger partial charge in [0.25, 0.3) is 0 Å². The monoisotopic (exact) mass is 1510 g/mol. The smallest absolute Gasteiger partial charge is 0.870 e. The van der Waals surface area contributed by atoms with Crippen molar-refractivity contribution in [2.75, 3.05) is 52.0 Å². The number of hydrazine groups is 3. The van der Waals surface area contributed by atoms with E-state index in [1.54, 1.807) is 78.7 Å². The third-order valence-corrected chi connectivity index (χ3v) is 18.3. The van der Waals surface area contributed by atoms with Gasteiger partial charge >= 0.3 is 53.4 Å². The van der Waals surface area contributed by atoms with Crippen LogP contribution in [0, 0.1) is 0 Å². The van der Waals surface area contributed by atoms with Crippen LogP contribution in [-0.4, -0.2) is 92.5 Å². The first-order chi connectivity index (χ1) is 50.2. The topological polar surface area (TPSA) is 376 Å². The van der Waals surface area contributed by atoms with E-state index in [0.29, 0.717) is 92.1 Å². The summed E-state index contributed by atoms with van der Waals surface area (Å²) in [4.78, 5) is 65.5. The minimum Gasteiger partial charge on any atom is -0.870 e. The van der Waals surface area contributed by atoms with E-state index in [2.05, 4.69) is 41.3 Å². The molecule has 3 atom stereocenters. The van der Waals surface area contributed by atoms with Gasteiger partial charge in [0.1, 0.15) is 0 Å². The molecule has 5 aromatic heterocycles. The summed E-state index contributed by atoms with van der Waals surface area (Å²) in [6.07, 6.45) is 6.47. The molecule has 16 rings (SSSR count). The molecule has 534 valence electrons. The van der Waals surface area contributed by atoms with Gasteiger partial charge in [0.05, 0.1) is 96.4 Å². The molecule has 0 radical (unpaired) electrons. The van der Waals surface area contributed by atoms with E-state index in [4.69, 9.17) is 78.8 Å². The number of rotatable bonds is 14. The van der Waals surface area contributed by atoms with Gasteiger partial charge in [-0.25, -0.2) is 25.0 Å². The van der Waals surface area contributed by atoms with Crippen LogP contribution in [0.2, 0.25) is 20.1 Å². The third kappa shape index (κ3) is 16.5. The largest absolute Gasteiger partial charge is 1.00 e. The van der Waals surface area contributed by atoms with Crippen molar-refractivity contribution in [1.82, 2.24) is 45.2 Å². The van der Waals surface area contributed by atoms with Crippen LogP contribution < -0.4 is 73.8 Å². The molecule has 0 saturated carbocycles. The first-order valence-electron chi connectivity index (χ1n) is 32.7. The molecule has 0 amide bonds. The second-order valence-corrected chi connectivity index (χ2v) is 26.2. The summed E-state index contributed by atoms with van der Waals surface area (Å²) in [6.45, 7) is 5.98. The van der Waals surface area contributed by atoms with Crippen LogP contribution in [0.25, 0.3) is 54.5 Å². The molecule has 0 bridgehead atoms. The SMILES string of the molecule is CCOC(=O)C1c2c(N)cccc2NN1Cc1ccc2ncc(Cl)cc2c1.CCOC(=O)c1nn(Cc2ccc3ncc(Cl)cc3c2)c2cccc(N)c12.Nc1cccc2c1C(C(=O)O)N(Cc1ccc3ncc(Cl)cc3c1)N2.Nc1cccc2c1C(C(=O)O)NN2Cc1ccc2ncc(Cl)cc2c1.[Na+].[OH-]. The molecule has 106 heavy (non-hydrogen) atoms. The molecule has 3 unspecified atom stereocenters. The van der Waals surface area contributed by atoms with Crippen LogP contribution in [-0.2, 0) is 50.0 Å². The zero-order valence-electron chi connectivity index (χ0n) is 57.1. The average Bonchev–Trinajstić information content (AvgIpc) is 1.63. The van der Waals surface area contributed by atoms with Crippen molar-refractivity contribution in [1.29, 1.82) is 0 Å². The summed E-state index contributed by atoms with van der Waals surface area (Å²) >= 11 is 24.1. The maximum absolute atomic E-state index is 12.6. The Morgan fingerprint density at radius 3 is 1.34 bits per heavy atom. The van der Waals surface area contributed by atoms with Crippen molar-refractivity contribution in [3.05, 3.63) is 259 Å². The van der Waals surface area contributed by atoms with Crippen molar-refractivity contribution in [3.63, 3.8) is 0 Å². The Morgan fingerprint density at radius 1 is 0.481 bits per heavy atom. The van der Waals surface area contributed by atoms with E-state index >= 15 is 0 Å². The van der Waals surface area contributed by atoms with Gasteiger partial charge in [0, 0.05) is 98.9 Å². The molecular weight excluding hydrogens is 1450 g/mol. The standard InChI is InChI=1S/C20H17ClN4O2.C20H19ClN4O2.2C18H15ClN4O2.Na.H2O/c1-2-27-20(26)19-18-15(22)4-3-5-17(18)25(24-19)11-12-6-7-16-13(8-12)9-14(21)10-23-16;1-2-27-20(26)19-18-15(22)4-3-5-17(18)24-25(19)11-12-6-7-16-13(8-12)9-14(21)10-23-16;19-12-7-11-6-10(4-5-14(11)21-8-12)9-23-15-3-1-2-13(20)16(15)17(22-23)18(24)25;19-12-7-11-6-10(4-5-14(11)21-8-12)9-23-17(18(24)25)16-13(20)2-1-3-15(16)22-23;;/h3-10H,2,11,22H2,1H3;3-10,19,24H,2,11,22H2,1H3;2*1-8,17,22H,9,20H2,(H,24,25);;1H2/q;;;;+1;/p-1. The van der Waals surface area contributed by atoms with E-state index < -0.39 is 36.0 Å². The Morgan fingerprint density at radius 2 is 0.887 bits per heavy atom. The maximum atomic E-state index is 12.6. The fraction of sp³-hybridized carbons (Fsp3) is 0.145. The number of pyridine rings is 4. The van der Waals surface area contributed by atoms with Crippen molar-refractivity contribution in [2.45, 2.75) is 58.2 Å². The van der Waals surface area contributed by atoms with E-state index in [0.717, 1.165) is 94.0 Å². The van der Waals surface area contributed by atoms with Crippen LogP contribution in [0.4, 0.5) is 39.8 Å². The second-order valence-electron chi connectivity index (χ2n) is 24.4. The van der Waals surface area contributed by atoms with Gasteiger partial charge in [0.15, 0.2) is 23.8 Å². The first-order valence-corrected chi connectivity index (χ1v) is 34.2. The molecule has 0 aliphatic carbocycles. The van der Waals surface area contributed by atoms with E-state index in [1.165, 1.54) is 0 Å². The number of anilines is 7. The molecule has 0 spiro atoms. The van der Waals surface area contributed by atoms with Gasteiger partial charge in [-0.1, -0.05) is 94.9 Å². The van der Waals surface area contributed by atoms with E-state index in [-0.39, 0.29) is 53.3 Å². The summed E-state index contributed by atoms with van der Waals surface area (Å²) in [7, 11) is 0. The molecule has 3 aliphatic heterocycles. The fourth-order valence-corrected chi connectivity index (χ4v) is 13.6. The number of ether oxygens (including phenoxy) is 2. The van der Waals surface area contributed by atoms with Crippen LogP contribution in [0.15, 0.2) is 195 Å². The molecule has 13 aromatic rings. The normalized spacial score (nSPS) is 14.7. The summed E-state index contributed by atoms with van der Waals surface area (Å²) < 4.78 is 12.2. The Balaban J connectivity index is 0.000000140. The summed E-state index contributed by atoms with van der Waals surface area (Å²) in [6, 6.07) is 50.4. The molecule has 25 nitrogen and oxygen atoms in total. The molecule has 14 N–H and O–H groups in total. The van der Waals surface area contributed by atoms with Gasteiger partial charge in [-0.15, -0.1) is 0 Å². The number of carboxylic acid groups (broad SMARTS) is 2. The van der Waals surface area contributed by atoms with Crippen LogP contribution >= 0.6 is 46.4 Å². The number of aromatic nitrogens is 6. The molecule has 8 aromatic carbocycles. The fourth-order valence-electron chi connectivity index (χ4n) is 12.9. The number of carboxylic acids is 2. The van der Waals surface area contributed by atoms with E-state index in [1.807, 2.05) is 150 Å². The maximum Gasteiger partial charge on any atom is 1.00 e. The van der Waals surface area contributed by atoms with Gasteiger partial charge in [-0.2, -0.15) is 5.10 Å². The molecule has 8 heterocycles. The zero-order valence-corrected chi connectivity index (χ0v) is 62.1. The summed E-state index contributed by atoms with van der Waals surface area (Å²) in [5.74, 6) is -2.72. The minimum absolute atomic E-state index is 0. The van der Waals surface area contributed by atoms with Crippen molar-refractivity contribution >= 4 is 165 Å². The number of aliphatic carboxylic acids is 2. The number of nitrogens with two attached hydrogens (primary N) is 4. The second kappa shape index (κ2) is 33.2. The average molecular weight is 1510 g/mol. The molecular formula is C76H67Cl4N16NaO9. The quantitative estimate of drug-likeness (QED) is 0.0277. The van der Waals surface area contributed by atoms with Gasteiger partial charge in [-0.3, -0.25) is 34.2 Å². The number of carbonyl (C=O) groups is 4. The number of halogens is 4. The van der Waals surface area contributed by atoms with Crippen LogP contribution in [0.3, 0.4) is 0 Å². The third-order valence-electron chi connectivity index (χ3n) is 17.5. The number of nitrogens with one attached hydrogen (secondary N) is 3. The number of hydrogen-bond donors (Lipinski definition) is 9. The predicted octanol–water partition coefficient (Wildman–Crippen LogP) is 11.3. The predicted molar refractivity (Wildman–Crippen MR) is 408 cm³/mol. The van der Waals surface area contributed by atoms with E-state index in [9.17, 15) is 29.4 Å². The molecule has 30 heteroatoms. The summed E-state index contributed by atoms with van der Waals surface area (Å²) in [5.41, 5.74) is 48.3. The Kier molecular flexibility index (Phi) is 24.0. The number of esters is 2. The minimum atomic E-state index is -0.962. The van der Waals surface area contributed by atoms with Crippen molar-refractivity contribution < 1.29 is 73.9 Å². The van der Waals surface area contributed by atoms with Gasteiger partial charge < -0.3 is 64.0 Å². The van der Waals surface area contributed by atoms with Crippen molar-refractivity contribution in [2.24, 2.45) is 0 Å². The number of hydrogen-bond acceptors (Lipinski definition) is 22. The van der Waals surface area contributed by atoms with Crippen LogP contribution in [0.5, 0.6) is 0 Å². The molecule has 3 aliphatic rings. The molecule has 0 saturated heterocycles. The number of nitrogens with zero attached hydrogens (tertiary/aromatic N) is 9. The van der Waals surface area contributed by atoms with Gasteiger partial charge in [0.2, 0.25) is 0 Å². The van der Waals surface area contributed by atoms with Crippen molar-refractivity contribution in [3.8, 4) is 0 Å². The Labute approximate surface area is 648 Å². The number of nitrogen functional groups attached to an aromatic ring is 4. The Bertz CT molecular complexity index is 5530. The number of fused-ring (bicyclic) bond motifs is 8.